The van der Waals surface area contributed by atoms with E-state index in [2.05, 4.69) is 9.72 Å². The van der Waals surface area contributed by atoms with E-state index in [1.807, 2.05) is 0 Å². The van der Waals surface area contributed by atoms with Crippen LogP contribution in [0.25, 0.3) is 0 Å². The van der Waals surface area contributed by atoms with Gasteiger partial charge in [0.1, 0.15) is 0 Å². The van der Waals surface area contributed by atoms with Crippen LogP contribution in [-0.4, -0.2) is 35.1 Å². The fraction of sp³-hybridized carbons (Fsp3) is 0.417. The highest BCUT2D eigenvalue weighted by molar-refractivity contribution is 14.1. The van der Waals surface area contributed by atoms with Crippen LogP contribution >= 0.6 is 22.6 Å². The van der Waals surface area contributed by atoms with Gasteiger partial charge in [0, 0.05) is 24.4 Å². The van der Waals surface area contributed by atoms with Crippen molar-refractivity contribution in [2.45, 2.75) is 22.3 Å². The summed E-state index contributed by atoms with van der Waals surface area (Å²) in [5, 5.41) is 0. The molecule has 0 spiro atoms. The number of nitrogens with zero attached hydrogens (tertiary/aromatic N) is 1. The van der Waals surface area contributed by atoms with Gasteiger partial charge in [-0.25, -0.2) is 13.4 Å². The molecule has 1 aromatic heterocycles. The SMILES string of the molecule is O=C(CCCCOC(=O)C(F)(I)S(=O)O)c1ccncc1. The van der Waals surface area contributed by atoms with Gasteiger partial charge in [-0.3, -0.25) is 9.78 Å². The number of rotatable bonds is 8. The minimum absolute atomic E-state index is 0.0612. The summed E-state index contributed by atoms with van der Waals surface area (Å²) in [5.74, 6) is -1.46. The first-order valence-electron chi connectivity index (χ1n) is 5.95. The number of Topliss-reactive ketones (excluding diaryl/α,β-unsaturated/α-hetero) is 1. The van der Waals surface area contributed by atoms with Crippen molar-refractivity contribution < 1.29 is 27.5 Å². The van der Waals surface area contributed by atoms with E-state index in [9.17, 15) is 18.2 Å². The van der Waals surface area contributed by atoms with Crippen molar-refractivity contribution >= 4 is 45.4 Å². The summed E-state index contributed by atoms with van der Waals surface area (Å²) < 4.78 is 34.1. The highest BCUT2D eigenvalue weighted by Gasteiger charge is 2.44. The van der Waals surface area contributed by atoms with Crippen molar-refractivity contribution in [1.82, 2.24) is 4.98 Å². The Bertz CT molecular complexity index is 526. The summed E-state index contributed by atoms with van der Waals surface area (Å²) in [7, 11) is 0. The maximum absolute atomic E-state index is 13.4. The molecule has 0 saturated carbocycles. The number of aromatic nitrogens is 1. The van der Waals surface area contributed by atoms with E-state index in [1.54, 1.807) is 12.1 Å². The molecule has 0 bridgehead atoms. The van der Waals surface area contributed by atoms with Crippen molar-refractivity contribution in [2.75, 3.05) is 6.61 Å². The molecule has 0 saturated heterocycles. The molecule has 0 aliphatic rings. The summed E-state index contributed by atoms with van der Waals surface area (Å²) in [6, 6.07) is 3.21. The average molecular weight is 429 g/mol. The number of ketones is 1. The molecule has 9 heteroatoms. The van der Waals surface area contributed by atoms with Crippen LogP contribution in [0, 0.1) is 0 Å². The lowest BCUT2D eigenvalue weighted by Crippen LogP contribution is -2.33. The van der Waals surface area contributed by atoms with Crippen LogP contribution in [0.2, 0.25) is 0 Å². The van der Waals surface area contributed by atoms with E-state index in [0.717, 1.165) is 22.6 Å². The van der Waals surface area contributed by atoms with Gasteiger partial charge in [-0.1, -0.05) is 0 Å². The zero-order chi connectivity index (χ0) is 15.9. The number of hydrogen-bond donors (Lipinski definition) is 1. The Morgan fingerprint density at radius 2 is 2.00 bits per heavy atom. The van der Waals surface area contributed by atoms with Crippen LogP contribution in [0.3, 0.4) is 0 Å². The molecule has 0 amide bonds. The van der Waals surface area contributed by atoms with E-state index in [1.165, 1.54) is 12.4 Å². The van der Waals surface area contributed by atoms with Gasteiger partial charge in [0.2, 0.25) is 11.1 Å². The number of unbranched alkanes of at least 4 members (excludes halogenated alkanes) is 1. The van der Waals surface area contributed by atoms with E-state index in [4.69, 9.17) is 4.55 Å². The van der Waals surface area contributed by atoms with Crippen molar-refractivity contribution in [3.63, 3.8) is 0 Å². The lowest BCUT2D eigenvalue weighted by atomic mass is 10.1. The molecule has 0 fully saturated rings. The third kappa shape index (κ3) is 5.75. The Labute approximate surface area is 136 Å². The van der Waals surface area contributed by atoms with Crippen LogP contribution in [-0.2, 0) is 20.6 Å². The molecule has 1 heterocycles. The van der Waals surface area contributed by atoms with Gasteiger partial charge in [-0.15, -0.1) is 0 Å². The predicted molar refractivity (Wildman–Crippen MR) is 82.0 cm³/mol. The van der Waals surface area contributed by atoms with Gasteiger partial charge in [-0.05, 0) is 47.6 Å². The van der Waals surface area contributed by atoms with Crippen LogP contribution < -0.4 is 0 Å². The monoisotopic (exact) mass is 429 g/mol. The first kappa shape index (κ1) is 18.1. The molecule has 1 N–H and O–H groups in total. The molecule has 2 unspecified atom stereocenters. The normalized spacial score (nSPS) is 15.0. The van der Waals surface area contributed by atoms with Gasteiger partial charge in [0.15, 0.2) is 5.78 Å². The fourth-order valence-corrected chi connectivity index (χ4v) is 1.75. The second-order valence-corrected chi connectivity index (χ2v) is 7.30. The summed E-state index contributed by atoms with van der Waals surface area (Å²) in [6.07, 6.45) is 4.11. The molecule has 6 nitrogen and oxygen atoms in total. The minimum atomic E-state index is -2.97. The number of hydrogen-bond acceptors (Lipinski definition) is 5. The van der Waals surface area contributed by atoms with Crippen molar-refractivity contribution in [2.24, 2.45) is 0 Å². The van der Waals surface area contributed by atoms with Gasteiger partial charge < -0.3 is 9.29 Å². The molecule has 116 valence electrons. The van der Waals surface area contributed by atoms with Crippen molar-refractivity contribution in [3.8, 4) is 0 Å². The zero-order valence-electron chi connectivity index (χ0n) is 10.8. The maximum Gasteiger partial charge on any atom is 0.370 e. The highest BCUT2D eigenvalue weighted by Crippen LogP contribution is 2.26. The third-order valence-electron chi connectivity index (χ3n) is 2.49. The van der Waals surface area contributed by atoms with Crippen LogP contribution in [0.1, 0.15) is 29.6 Å². The quantitative estimate of drug-likeness (QED) is 0.170. The van der Waals surface area contributed by atoms with Gasteiger partial charge in [-0.2, -0.15) is 0 Å². The number of esters is 1. The molecule has 2 atom stereocenters. The predicted octanol–water partition coefficient (Wildman–Crippen LogP) is 2.26. The standard InChI is InChI=1S/C12H13FINO5S/c13-12(14,21(18)19)11(17)20-8-2-1-3-10(16)9-4-6-15-7-5-9/h4-7H,1-3,8H2,(H,18,19). The Kier molecular flexibility index (Phi) is 7.32. The lowest BCUT2D eigenvalue weighted by Gasteiger charge is -2.12. The molecule has 0 radical (unpaired) electrons. The molecular formula is C12H13FINO5S. The molecule has 0 aliphatic heterocycles. The maximum atomic E-state index is 13.4. The molecule has 0 aromatic carbocycles. The minimum Gasteiger partial charge on any atom is -0.462 e. The van der Waals surface area contributed by atoms with E-state index >= 15 is 0 Å². The number of carbonyl (C=O) groups excluding carboxylic acids is 2. The Hall–Kier alpha value is -0.940. The number of carbonyl (C=O) groups is 2. The number of pyridine rings is 1. The second-order valence-electron chi connectivity index (χ2n) is 4.02. The highest BCUT2D eigenvalue weighted by atomic mass is 127. The fourth-order valence-electron chi connectivity index (χ4n) is 1.39. The Morgan fingerprint density at radius 1 is 1.38 bits per heavy atom. The smallest absolute Gasteiger partial charge is 0.370 e. The summed E-state index contributed by atoms with van der Waals surface area (Å²) in [6.45, 7) is -0.117. The third-order valence-corrected chi connectivity index (χ3v) is 4.67. The molecule has 0 aliphatic carbocycles. The summed E-state index contributed by atoms with van der Waals surface area (Å²) >= 11 is -2.04. The average Bonchev–Trinajstić information content (AvgIpc) is 2.47. The topological polar surface area (TPSA) is 93.6 Å². The van der Waals surface area contributed by atoms with Gasteiger partial charge in [0.05, 0.1) is 6.61 Å². The van der Waals surface area contributed by atoms with Gasteiger partial charge >= 0.3 is 8.98 Å². The van der Waals surface area contributed by atoms with Crippen molar-refractivity contribution in [3.05, 3.63) is 30.1 Å². The molecule has 1 rings (SSSR count). The van der Waals surface area contributed by atoms with E-state index in [0.29, 0.717) is 18.4 Å². The van der Waals surface area contributed by atoms with Crippen LogP contribution in [0.4, 0.5) is 4.39 Å². The molecule has 1 aromatic rings. The first-order chi connectivity index (χ1) is 9.85. The number of ether oxygens (including phenoxy) is 1. The Morgan fingerprint density at radius 3 is 2.57 bits per heavy atom. The molecular weight excluding hydrogens is 416 g/mol. The van der Waals surface area contributed by atoms with Gasteiger partial charge in [0.25, 0.3) is 0 Å². The van der Waals surface area contributed by atoms with Crippen molar-refractivity contribution in [1.29, 1.82) is 0 Å². The summed E-state index contributed by atoms with van der Waals surface area (Å²) in [5.41, 5.74) is 0.549. The van der Waals surface area contributed by atoms with E-state index in [-0.39, 0.29) is 18.8 Å². The summed E-state index contributed by atoms with van der Waals surface area (Å²) in [4.78, 5) is 26.7. The first-order valence-corrected chi connectivity index (χ1v) is 8.13. The number of alkyl halides is 2. The number of halogens is 2. The lowest BCUT2D eigenvalue weighted by molar-refractivity contribution is -0.147. The zero-order valence-corrected chi connectivity index (χ0v) is 13.8. The molecule has 21 heavy (non-hydrogen) atoms. The van der Waals surface area contributed by atoms with Crippen LogP contribution in [0.15, 0.2) is 24.5 Å². The van der Waals surface area contributed by atoms with Crippen LogP contribution in [0.5, 0.6) is 0 Å². The van der Waals surface area contributed by atoms with E-state index < -0.39 is 20.1 Å². The Balaban J connectivity index is 2.25. The largest absolute Gasteiger partial charge is 0.462 e. The second kappa shape index (κ2) is 8.49.